The Morgan fingerprint density at radius 3 is 2.56 bits per heavy atom. The van der Waals surface area contributed by atoms with E-state index < -0.39 is 11.5 Å². The molecule has 0 aromatic heterocycles. The summed E-state index contributed by atoms with van der Waals surface area (Å²) in [6.45, 7) is 2.95. The van der Waals surface area contributed by atoms with Crippen LogP contribution >= 0.6 is 11.8 Å². The average Bonchev–Trinajstić information content (AvgIpc) is 2.68. The van der Waals surface area contributed by atoms with Crippen LogP contribution in [0.15, 0.2) is 0 Å². The van der Waals surface area contributed by atoms with Crippen molar-refractivity contribution in [1.82, 2.24) is 10.2 Å². The number of nitrogens with zero attached hydrogens (tertiary/aromatic N) is 1. The first-order valence-corrected chi connectivity index (χ1v) is 6.36. The Kier molecular flexibility index (Phi) is 4.07. The summed E-state index contributed by atoms with van der Waals surface area (Å²) >= 11 is 1.81. The van der Waals surface area contributed by atoms with Crippen LogP contribution in [0, 0.1) is 0 Å². The molecule has 0 aromatic rings. The second-order valence-corrected chi connectivity index (χ2v) is 5.64. The monoisotopic (exact) mass is 246 g/mol. The Morgan fingerprint density at radius 1 is 1.50 bits per heavy atom. The van der Waals surface area contributed by atoms with Crippen molar-refractivity contribution in [2.24, 2.45) is 0 Å². The standard InChI is InChI=1S/C10H18N2O3S/c1-10(2,8(13)14)11-9(15)12(3)7-4-5-16-6-7/h7H,4-6H2,1-3H3,(H,11,15)(H,13,14). The molecule has 1 rings (SSSR count). The number of carbonyl (C=O) groups is 2. The Balaban J connectivity index is 2.54. The number of carboxylic acids is 1. The molecule has 0 spiro atoms. The zero-order valence-electron chi connectivity index (χ0n) is 9.82. The number of hydrogen-bond acceptors (Lipinski definition) is 3. The molecule has 92 valence electrons. The van der Waals surface area contributed by atoms with Gasteiger partial charge in [-0.2, -0.15) is 11.8 Å². The van der Waals surface area contributed by atoms with E-state index in [4.69, 9.17) is 5.11 Å². The molecule has 1 aliphatic rings. The topological polar surface area (TPSA) is 69.6 Å². The van der Waals surface area contributed by atoms with Crippen LogP contribution in [-0.2, 0) is 4.79 Å². The van der Waals surface area contributed by atoms with Gasteiger partial charge in [0, 0.05) is 18.8 Å². The number of carbonyl (C=O) groups excluding carboxylic acids is 1. The van der Waals surface area contributed by atoms with Crippen molar-refractivity contribution in [3.05, 3.63) is 0 Å². The van der Waals surface area contributed by atoms with Crippen molar-refractivity contribution in [2.75, 3.05) is 18.6 Å². The van der Waals surface area contributed by atoms with Gasteiger partial charge in [-0.25, -0.2) is 9.59 Å². The van der Waals surface area contributed by atoms with Crippen LogP contribution < -0.4 is 5.32 Å². The first-order chi connectivity index (χ1) is 7.34. The molecule has 1 fully saturated rings. The number of urea groups is 1. The summed E-state index contributed by atoms with van der Waals surface area (Å²) < 4.78 is 0. The quantitative estimate of drug-likeness (QED) is 0.779. The summed E-state index contributed by atoms with van der Waals surface area (Å²) in [5, 5.41) is 11.4. The molecule has 2 N–H and O–H groups in total. The number of carboxylic acid groups (broad SMARTS) is 1. The number of nitrogens with one attached hydrogen (secondary N) is 1. The molecule has 1 unspecified atom stereocenters. The zero-order chi connectivity index (χ0) is 12.3. The highest BCUT2D eigenvalue weighted by atomic mass is 32.2. The van der Waals surface area contributed by atoms with Gasteiger partial charge in [0.05, 0.1) is 0 Å². The Bertz CT molecular complexity index is 288. The van der Waals surface area contributed by atoms with E-state index in [0.29, 0.717) is 0 Å². The molecule has 0 aliphatic carbocycles. The number of hydrogen-bond donors (Lipinski definition) is 2. The van der Waals surface area contributed by atoms with Gasteiger partial charge in [0.2, 0.25) is 0 Å². The second kappa shape index (κ2) is 4.95. The molecule has 16 heavy (non-hydrogen) atoms. The summed E-state index contributed by atoms with van der Waals surface area (Å²) in [6.07, 6.45) is 0.974. The van der Waals surface area contributed by atoms with Gasteiger partial charge in [0.15, 0.2) is 0 Å². The minimum Gasteiger partial charge on any atom is -0.480 e. The Morgan fingerprint density at radius 2 is 2.12 bits per heavy atom. The van der Waals surface area contributed by atoms with Gasteiger partial charge in [-0.1, -0.05) is 0 Å². The third-order valence-electron chi connectivity index (χ3n) is 2.73. The van der Waals surface area contributed by atoms with E-state index in [-0.39, 0.29) is 12.1 Å². The van der Waals surface area contributed by atoms with Crippen LogP contribution in [0.5, 0.6) is 0 Å². The predicted molar refractivity (Wildman–Crippen MR) is 63.7 cm³/mol. The Labute approximate surface area is 99.6 Å². The smallest absolute Gasteiger partial charge is 0.328 e. The predicted octanol–water partition coefficient (Wildman–Crippen LogP) is 0.997. The van der Waals surface area contributed by atoms with Gasteiger partial charge < -0.3 is 15.3 Å². The number of rotatable bonds is 3. The maximum atomic E-state index is 11.8. The molecule has 0 aromatic carbocycles. The lowest BCUT2D eigenvalue weighted by Gasteiger charge is -2.29. The van der Waals surface area contributed by atoms with Crippen molar-refractivity contribution in [3.8, 4) is 0 Å². The maximum Gasteiger partial charge on any atom is 0.328 e. The van der Waals surface area contributed by atoms with Crippen LogP contribution in [0.2, 0.25) is 0 Å². The normalized spacial score (nSPS) is 20.6. The fourth-order valence-corrected chi connectivity index (χ4v) is 2.67. The number of thioether (sulfide) groups is 1. The highest BCUT2D eigenvalue weighted by Crippen LogP contribution is 2.21. The molecule has 1 saturated heterocycles. The minimum absolute atomic E-state index is 0.217. The molecular weight excluding hydrogens is 228 g/mol. The summed E-state index contributed by atoms with van der Waals surface area (Å²) in [6, 6.07) is -0.102. The maximum absolute atomic E-state index is 11.8. The fourth-order valence-electron chi connectivity index (χ4n) is 1.40. The van der Waals surface area contributed by atoms with Crippen LogP contribution in [0.4, 0.5) is 4.79 Å². The lowest BCUT2D eigenvalue weighted by molar-refractivity contribution is -0.143. The molecule has 1 aliphatic heterocycles. The van der Waals surface area contributed by atoms with Crippen LogP contribution in [-0.4, -0.2) is 52.1 Å². The number of amides is 2. The van der Waals surface area contributed by atoms with Gasteiger partial charge in [-0.15, -0.1) is 0 Å². The minimum atomic E-state index is -1.23. The fraction of sp³-hybridized carbons (Fsp3) is 0.800. The highest BCUT2D eigenvalue weighted by molar-refractivity contribution is 7.99. The van der Waals surface area contributed by atoms with E-state index in [1.54, 1.807) is 11.9 Å². The first kappa shape index (κ1) is 13.2. The lowest BCUT2D eigenvalue weighted by atomic mass is 10.1. The zero-order valence-corrected chi connectivity index (χ0v) is 10.6. The van der Waals surface area contributed by atoms with Crippen molar-refractivity contribution in [2.45, 2.75) is 31.8 Å². The number of aliphatic carboxylic acids is 1. The summed E-state index contributed by atoms with van der Waals surface area (Å²) in [5.74, 6) is 0.956. The summed E-state index contributed by atoms with van der Waals surface area (Å²) in [5.41, 5.74) is -1.23. The molecule has 0 saturated carbocycles. The second-order valence-electron chi connectivity index (χ2n) is 4.49. The van der Waals surface area contributed by atoms with Crippen molar-refractivity contribution < 1.29 is 14.7 Å². The van der Waals surface area contributed by atoms with Crippen LogP contribution in [0.3, 0.4) is 0 Å². The molecular formula is C10H18N2O3S. The van der Waals surface area contributed by atoms with Gasteiger partial charge in [0.1, 0.15) is 5.54 Å². The first-order valence-electron chi connectivity index (χ1n) is 5.20. The van der Waals surface area contributed by atoms with E-state index in [0.717, 1.165) is 17.9 Å². The van der Waals surface area contributed by atoms with Crippen LogP contribution in [0.25, 0.3) is 0 Å². The van der Waals surface area contributed by atoms with Crippen molar-refractivity contribution >= 4 is 23.8 Å². The molecule has 0 bridgehead atoms. The third kappa shape index (κ3) is 3.04. The summed E-state index contributed by atoms with van der Waals surface area (Å²) in [7, 11) is 1.71. The third-order valence-corrected chi connectivity index (χ3v) is 3.87. The lowest BCUT2D eigenvalue weighted by Crippen LogP contribution is -2.55. The van der Waals surface area contributed by atoms with E-state index in [1.165, 1.54) is 13.8 Å². The molecule has 6 heteroatoms. The van der Waals surface area contributed by atoms with E-state index >= 15 is 0 Å². The van der Waals surface area contributed by atoms with E-state index in [1.807, 2.05) is 11.8 Å². The molecule has 2 amide bonds. The molecule has 1 heterocycles. The largest absolute Gasteiger partial charge is 0.480 e. The van der Waals surface area contributed by atoms with Gasteiger partial charge in [-0.3, -0.25) is 0 Å². The molecule has 5 nitrogen and oxygen atoms in total. The molecule has 0 radical (unpaired) electrons. The molecule has 1 atom stereocenters. The van der Waals surface area contributed by atoms with Crippen molar-refractivity contribution in [3.63, 3.8) is 0 Å². The summed E-state index contributed by atoms with van der Waals surface area (Å²) in [4.78, 5) is 24.3. The van der Waals surface area contributed by atoms with Crippen molar-refractivity contribution in [1.29, 1.82) is 0 Å². The van der Waals surface area contributed by atoms with Gasteiger partial charge in [-0.05, 0) is 26.0 Å². The van der Waals surface area contributed by atoms with Gasteiger partial charge in [0.25, 0.3) is 0 Å². The van der Waals surface area contributed by atoms with Crippen LogP contribution in [0.1, 0.15) is 20.3 Å². The average molecular weight is 246 g/mol. The van der Waals surface area contributed by atoms with Gasteiger partial charge >= 0.3 is 12.0 Å². The van der Waals surface area contributed by atoms with E-state index in [9.17, 15) is 9.59 Å². The highest BCUT2D eigenvalue weighted by Gasteiger charge is 2.32. The Hall–Kier alpha value is -0.910. The SMILES string of the molecule is CN(C(=O)NC(C)(C)C(=O)O)C1CCSC1. The van der Waals surface area contributed by atoms with E-state index in [2.05, 4.69) is 5.32 Å².